The highest BCUT2D eigenvalue weighted by molar-refractivity contribution is 6.74. The van der Waals surface area contributed by atoms with Crippen LogP contribution >= 0.6 is 0 Å². The van der Waals surface area contributed by atoms with Gasteiger partial charge in [0, 0.05) is 31.2 Å². The van der Waals surface area contributed by atoms with Gasteiger partial charge in [-0.25, -0.2) is 4.79 Å². The summed E-state index contributed by atoms with van der Waals surface area (Å²) >= 11 is 0. The Bertz CT molecular complexity index is 1590. The maximum atomic E-state index is 14.9. The topological polar surface area (TPSA) is 128 Å². The summed E-state index contributed by atoms with van der Waals surface area (Å²) in [5.41, 5.74) is -5.51. The minimum Gasteiger partial charge on any atom is -0.444 e. The number of carbonyl (C=O) groups excluding carboxylic acids is 4. The van der Waals surface area contributed by atoms with Gasteiger partial charge in [-0.1, -0.05) is 47.6 Å². The molecule has 1 saturated carbocycles. The number of ether oxygens (including phenoxy) is 1. The van der Waals surface area contributed by atoms with Crippen molar-refractivity contribution in [3.8, 4) is 0 Å². The van der Waals surface area contributed by atoms with E-state index < -0.39 is 92.3 Å². The van der Waals surface area contributed by atoms with Crippen molar-refractivity contribution >= 4 is 40.4 Å². The molecule has 4 rings (SSSR count). The standard InChI is InChI=1S/C35H55F3N4O7Si2/c1-15-33(39-27(44)35(36,37)38)24-21(22(20-47-50(11,12)31(5,6)7)25(33)49-51(13,14)32(8,9)10)19-42-26(43)23-17-16-18-41(23)28(45)34(24,42)40-29(46)48-30(2,3)4/h15-18,21-22,24-25H,1,19-20H2,2-14H3,(H,39,44)(H,40,46)/t21-,22-,24+,25+,33+,34-/m1/s1. The zero-order valence-electron chi connectivity index (χ0n) is 32.1. The van der Waals surface area contributed by atoms with Crippen molar-refractivity contribution in [1.82, 2.24) is 20.1 Å². The monoisotopic (exact) mass is 756 g/mol. The summed E-state index contributed by atoms with van der Waals surface area (Å²) in [4.78, 5) is 57.4. The third-order valence-electron chi connectivity index (χ3n) is 11.7. The van der Waals surface area contributed by atoms with Gasteiger partial charge in [0.1, 0.15) is 11.3 Å². The van der Waals surface area contributed by atoms with Crippen LogP contribution in [0.25, 0.3) is 0 Å². The summed E-state index contributed by atoms with van der Waals surface area (Å²) in [6.07, 6.45) is -5.08. The van der Waals surface area contributed by atoms with E-state index in [0.717, 1.165) is 4.57 Å². The Labute approximate surface area is 301 Å². The van der Waals surface area contributed by atoms with Crippen LogP contribution in [0.15, 0.2) is 31.0 Å². The second-order valence-electron chi connectivity index (χ2n) is 18.1. The molecule has 3 aliphatic rings. The second-order valence-corrected chi connectivity index (χ2v) is 27.7. The van der Waals surface area contributed by atoms with E-state index in [-0.39, 0.29) is 23.9 Å². The maximum absolute atomic E-state index is 14.9. The Balaban J connectivity index is 2.08. The molecule has 0 aromatic carbocycles. The van der Waals surface area contributed by atoms with Crippen LogP contribution in [-0.2, 0) is 18.4 Å². The van der Waals surface area contributed by atoms with Crippen molar-refractivity contribution in [1.29, 1.82) is 0 Å². The SMILES string of the molecule is C=C[C@@]1(NC(=O)C(F)(F)F)[C@@H](O[Si](C)(C)C(C)(C)C)[C@H](CO[Si](C)(C)C(C)(C)C)[C@H]2CN3C(=O)c4cccn4C(=O)[C@@]3(NC(=O)OC(C)(C)C)[C@@H]21. The minimum atomic E-state index is -5.34. The van der Waals surface area contributed by atoms with E-state index in [9.17, 15) is 32.3 Å². The number of hydrogen-bond acceptors (Lipinski definition) is 7. The van der Waals surface area contributed by atoms with E-state index in [2.05, 4.69) is 38.0 Å². The number of amides is 3. The van der Waals surface area contributed by atoms with Crippen LogP contribution in [0.3, 0.4) is 0 Å². The molecule has 3 amide bonds. The first-order valence-corrected chi connectivity index (χ1v) is 23.1. The fourth-order valence-corrected chi connectivity index (χ4v) is 9.50. The number of alkyl carbamates (subject to hydrolysis) is 1. The van der Waals surface area contributed by atoms with Gasteiger partial charge < -0.3 is 23.8 Å². The first-order valence-electron chi connectivity index (χ1n) is 17.3. The van der Waals surface area contributed by atoms with Gasteiger partial charge in [0.05, 0.1) is 11.6 Å². The number of nitrogens with zero attached hydrogens (tertiary/aromatic N) is 2. The van der Waals surface area contributed by atoms with Gasteiger partial charge in [0.15, 0.2) is 16.6 Å². The van der Waals surface area contributed by atoms with Gasteiger partial charge in [-0.15, -0.1) is 6.58 Å². The Morgan fingerprint density at radius 2 is 1.55 bits per heavy atom. The number of rotatable bonds is 8. The molecule has 2 aliphatic heterocycles. The number of carbonyl (C=O) groups is 4. The van der Waals surface area contributed by atoms with E-state index in [1.165, 1.54) is 29.3 Å². The van der Waals surface area contributed by atoms with E-state index in [1.54, 1.807) is 20.8 Å². The Hall–Kier alpha value is -2.96. The molecule has 0 radical (unpaired) electrons. The molecule has 0 bridgehead atoms. The van der Waals surface area contributed by atoms with E-state index in [1.807, 2.05) is 47.0 Å². The number of alkyl halides is 3. The van der Waals surface area contributed by atoms with Crippen LogP contribution in [0.4, 0.5) is 18.0 Å². The van der Waals surface area contributed by atoms with E-state index >= 15 is 0 Å². The van der Waals surface area contributed by atoms with Gasteiger partial charge in [-0.2, -0.15) is 13.2 Å². The summed E-state index contributed by atoms with van der Waals surface area (Å²) in [5, 5.41) is 4.24. The lowest BCUT2D eigenvalue weighted by Crippen LogP contribution is -2.77. The summed E-state index contributed by atoms with van der Waals surface area (Å²) in [6.45, 7) is 28.7. The Kier molecular flexibility index (Phi) is 10.1. The molecular formula is C35H55F3N4O7Si2. The summed E-state index contributed by atoms with van der Waals surface area (Å²) in [5.74, 6) is -6.72. The lowest BCUT2D eigenvalue weighted by atomic mass is 9.74. The molecule has 286 valence electrons. The largest absolute Gasteiger partial charge is 0.471 e. The van der Waals surface area contributed by atoms with E-state index in [0.29, 0.717) is 0 Å². The average molecular weight is 757 g/mol. The molecule has 6 atom stereocenters. The number of aromatic nitrogens is 1. The Morgan fingerprint density at radius 3 is 2.04 bits per heavy atom. The maximum Gasteiger partial charge on any atom is 0.471 e. The minimum absolute atomic E-state index is 0.0144. The molecule has 11 nitrogen and oxygen atoms in total. The predicted molar refractivity (Wildman–Crippen MR) is 191 cm³/mol. The van der Waals surface area contributed by atoms with Crippen LogP contribution in [0.2, 0.25) is 36.3 Å². The van der Waals surface area contributed by atoms with Crippen LogP contribution in [0.1, 0.15) is 77.6 Å². The molecule has 1 aromatic heterocycles. The van der Waals surface area contributed by atoms with Gasteiger partial charge >= 0.3 is 18.2 Å². The lowest BCUT2D eigenvalue weighted by Gasteiger charge is -2.51. The fraction of sp³-hybridized carbons (Fsp3) is 0.714. The second kappa shape index (κ2) is 12.6. The van der Waals surface area contributed by atoms with Crippen LogP contribution in [-0.4, -0.2) is 92.2 Å². The first kappa shape index (κ1) is 40.8. The van der Waals surface area contributed by atoms with Crippen molar-refractivity contribution in [2.75, 3.05) is 13.2 Å². The highest BCUT2D eigenvalue weighted by atomic mass is 28.4. The third-order valence-corrected chi connectivity index (χ3v) is 20.6. The summed E-state index contributed by atoms with van der Waals surface area (Å²) < 4.78 is 63.5. The van der Waals surface area contributed by atoms with Gasteiger partial charge in [-0.05, 0) is 75.1 Å². The quantitative estimate of drug-likeness (QED) is 0.223. The Morgan fingerprint density at radius 1 is 0.980 bits per heavy atom. The van der Waals surface area contributed by atoms with Gasteiger partial charge in [-0.3, -0.25) is 24.3 Å². The molecule has 16 heteroatoms. The van der Waals surface area contributed by atoms with Crippen LogP contribution < -0.4 is 10.6 Å². The molecule has 1 saturated heterocycles. The molecule has 1 aliphatic carbocycles. The number of hydrogen-bond donors (Lipinski definition) is 2. The number of nitrogens with one attached hydrogen (secondary N) is 2. The van der Waals surface area contributed by atoms with Crippen LogP contribution in [0.5, 0.6) is 0 Å². The molecule has 51 heavy (non-hydrogen) atoms. The molecule has 3 heterocycles. The summed E-state index contributed by atoms with van der Waals surface area (Å²) in [6, 6.07) is 2.95. The highest BCUT2D eigenvalue weighted by Gasteiger charge is 2.77. The van der Waals surface area contributed by atoms with Crippen molar-refractivity contribution < 1.29 is 45.9 Å². The zero-order valence-corrected chi connectivity index (χ0v) is 34.1. The lowest BCUT2D eigenvalue weighted by molar-refractivity contribution is -0.177. The average Bonchev–Trinajstić information content (AvgIpc) is 3.62. The van der Waals surface area contributed by atoms with Crippen molar-refractivity contribution in [2.24, 2.45) is 17.8 Å². The molecular weight excluding hydrogens is 702 g/mol. The van der Waals surface area contributed by atoms with Gasteiger partial charge in [0.25, 0.3) is 11.8 Å². The molecule has 2 fully saturated rings. The van der Waals surface area contributed by atoms with E-state index in [4.69, 9.17) is 13.6 Å². The number of fused-ring (bicyclic) bond motifs is 4. The molecule has 0 unspecified atom stereocenters. The normalized spacial score (nSPS) is 28.6. The zero-order chi connectivity index (χ0) is 39.1. The molecule has 1 aromatic rings. The third kappa shape index (κ3) is 6.85. The first-order chi connectivity index (χ1) is 22.9. The highest BCUT2D eigenvalue weighted by Crippen LogP contribution is 2.60. The van der Waals surface area contributed by atoms with Crippen LogP contribution in [0, 0.1) is 17.8 Å². The van der Waals surface area contributed by atoms with Crippen molar-refractivity contribution in [2.45, 2.75) is 128 Å². The summed E-state index contributed by atoms with van der Waals surface area (Å²) in [7, 11) is -5.41. The molecule has 2 N–H and O–H groups in total. The predicted octanol–water partition coefficient (Wildman–Crippen LogP) is 6.70. The molecule has 0 spiro atoms. The fourth-order valence-electron chi connectivity index (χ4n) is 7.10. The van der Waals surface area contributed by atoms with Gasteiger partial charge in [0.2, 0.25) is 5.66 Å². The smallest absolute Gasteiger partial charge is 0.444 e. The van der Waals surface area contributed by atoms with Crippen molar-refractivity contribution in [3.63, 3.8) is 0 Å². The number of halogens is 3. The van der Waals surface area contributed by atoms with Crippen molar-refractivity contribution in [3.05, 3.63) is 36.7 Å².